The van der Waals surface area contributed by atoms with Crippen LogP contribution in [0.2, 0.25) is 0 Å². The first kappa shape index (κ1) is 27.5. The van der Waals surface area contributed by atoms with E-state index < -0.39 is 26.2 Å². The molecule has 0 N–H and O–H groups in total. The minimum Gasteiger partial charge on any atom is -0.336 e. The number of aryl methyl sites for hydroxylation is 2. The lowest BCUT2D eigenvalue weighted by Crippen LogP contribution is -2.42. The monoisotopic (exact) mass is 566 g/mol. The molecule has 8 nitrogen and oxygen atoms in total. The maximum absolute atomic E-state index is 13.9. The van der Waals surface area contributed by atoms with Crippen molar-refractivity contribution in [2.75, 3.05) is 32.7 Å². The Kier molecular flexibility index (Phi) is 7.91. The molecule has 0 saturated carbocycles. The normalized spacial score (nSPS) is 19.6. The molecule has 0 spiro atoms. The van der Waals surface area contributed by atoms with Crippen molar-refractivity contribution in [3.63, 3.8) is 0 Å². The Morgan fingerprint density at radius 1 is 0.744 bits per heavy atom. The summed E-state index contributed by atoms with van der Waals surface area (Å²) in [6, 6.07) is 22.8. The van der Waals surface area contributed by atoms with Crippen LogP contribution in [0.1, 0.15) is 35.7 Å². The summed E-state index contributed by atoms with van der Waals surface area (Å²) in [4.78, 5) is 4.36. The number of rotatable bonds is 7. The molecule has 0 aliphatic carbocycles. The van der Waals surface area contributed by atoms with Gasteiger partial charge in [0.25, 0.3) is 10.0 Å². The molecule has 2 aliphatic heterocycles. The smallest absolute Gasteiger partial charge is 0.283 e. The predicted molar refractivity (Wildman–Crippen MR) is 152 cm³/mol. The molecule has 0 unspecified atom stereocenters. The molecule has 0 bridgehead atoms. The average molecular weight is 567 g/mol. The van der Waals surface area contributed by atoms with Crippen molar-refractivity contribution in [2.45, 2.75) is 42.6 Å². The van der Waals surface area contributed by atoms with Crippen LogP contribution in [-0.2, 0) is 20.0 Å². The van der Waals surface area contributed by atoms with Gasteiger partial charge in [-0.1, -0.05) is 65.7 Å². The van der Waals surface area contributed by atoms with Gasteiger partial charge in [0.05, 0.1) is 16.3 Å². The number of benzene rings is 3. The molecule has 5 rings (SSSR count). The quantitative estimate of drug-likeness (QED) is 0.315. The predicted octanol–water partition coefficient (Wildman–Crippen LogP) is 4.19. The minimum atomic E-state index is -4.02. The molecule has 3 aromatic rings. The number of amidine groups is 1. The second kappa shape index (κ2) is 11.2. The zero-order valence-corrected chi connectivity index (χ0v) is 23.9. The van der Waals surface area contributed by atoms with Gasteiger partial charge in [0.15, 0.2) is 0 Å². The number of likely N-dealkylation sites (tertiary alicyclic amines) is 1. The van der Waals surface area contributed by atoms with Crippen LogP contribution in [0.4, 0.5) is 0 Å². The van der Waals surface area contributed by atoms with Gasteiger partial charge in [-0.05, 0) is 69.6 Å². The number of sulfonamides is 2. The van der Waals surface area contributed by atoms with Gasteiger partial charge in [-0.15, -0.1) is 4.40 Å². The lowest BCUT2D eigenvalue weighted by atomic mass is 10.1. The van der Waals surface area contributed by atoms with E-state index in [1.165, 1.54) is 4.31 Å². The number of hydrogen-bond donors (Lipinski definition) is 0. The largest absolute Gasteiger partial charge is 0.336 e. The van der Waals surface area contributed by atoms with Crippen LogP contribution in [0.3, 0.4) is 0 Å². The lowest BCUT2D eigenvalue weighted by molar-refractivity contribution is 0.271. The van der Waals surface area contributed by atoms with Crippen molar-refractivity contribution in [1.82, 2.24) is 14.1 Å². The van der Waals surface area contributed by atoms with Crippen LogP contribution >= 0.6 is 0 Å². The van der Waals surface area contributed by atoms with Crippen molar-refractivity contribution in [1.29, 1.82) is 0 Å². The first-order valence-corrected chi connectivity index (χ1v) is 16.1. The second-order valence-corrected chi connectivity index (χ2v) is 13.7. The van der Waals surface area contributed by atoms with Gasteiger partial charge in [0.1, 0.15) is 12.0 Å². The Balaban J connectivity index is 1.60. The summed E-state index contributed by atoms with van der Waals surface area (Å²) in [5, 5.41) is 0. The average Bonchev–Trinajstić information content (AvgIpc) is 3.60. The molecule has 0 radical (unpaired) electrons. The molecule has 206 valence electrons. The fourth-order valence-corrected chi connectivity index (χ4v) is 7.76. The van der Waals surface area contributed by atoms with Gasteiger partial charge in [0, 0.05) is 13.1 Å². The number of hydrogen-bond acceptors (Lipinski definition) is 5. The van der Waals surface area contributed by atoms with Crippen molar-refractivity contribution < 1.29 is 16.8 Å². The molecule has 0 aromatic heterocycles. The molecule has 39 heavy (non-hydrogen) atoms. The van der Waals surface area contributed by atoms with E-state index in [0.29, 0.717) is 18.9 Å². The maximum Gasteiger partial charge on any atom is 0.283 e. The van der Waals surface area contributed by atoms with Gasteiger partial charge in [0.2, 0.25) is 10.0 Å². The van der Waals surface area contributed by atoms with E-state index in [4.69, 9.17) is 0 Å². The molecule has 10 heteroatoms. The van der Waals surface area contributed by atoms with Crippen molar-refractivity contribution in [3.05, 3.63) is 95.6 Å². The first-order valence-electron chi connectivity index (χ1n) is 13.2. The highest BCUT2D eigenvalue weighted by Gasteiger charge is 2.43. The zero-order valence-electron chi connectivity index (χ0n) is 22.3. The summed E-state index contributed by atoms with van der Waals surface area (Å²) >= 11 is 0. The molecule has 1 atom stereocenters. The van der Waals surface area contributed by atoms with Crippen molar-refractivity contribution >= 4 is 25.9 Å². The molecular formula is C29H34N4O4S2. The van der Waals surface area contributed by atoms with E-state index in [9.17, 15) is 16.8 Å². The summed E-state index contributed by atoms with van der Waals surface area (Å²) in [5.74, 6) is 0.355. The molecular weight excluding hydrogens is 532 g/mol. The summed E-state index contributed by atoms with van der Waals surface area (Å²) in [6.07, 6.45) is 1.34. The highest BCUT2D eigenvalue weighted by atomic mass is 32.2. The lowest BCUT2D eigenvalue weighted by Gasteiger charge is -2.33. The van der Waals surface area contributed by atoms with Gasteiger partial charge in [-0.3, -0.25) is 4.90 Å². The fraction of sp³-hybridized carbons (Fsp3) is 0.345. The Hall–Kier alpha value is -3.05. The standard InChI is InChI=1S/C29H34N4O4S2/c1-23-10-14-26(15-11-23)38(34,35)30-28(22-31-18-6-7-19-31)32-20-21-33(29(32)25-8-4-3-5-9-25)39(36,37)27-16-12-24(2)13-17-27/h3-5,8-17,29H,6-7,18-22H2,1-2H3/t29-/m0/s1. The van der Waals surface area contributed by atoms with Crippen molar-refractivity contribution in [3.8, 4) is 0 Å². The highest BCUT2D eigenvalue weighted by Crippen LogP contribution is 2.36. The molecule has 2 heterocycles. The van der Waals surface area contributed by atoms with Crippen LogP contribution in [0.5, 0.6) is 0 Å². The molecule has 2 aliphatic rings. The van der Waals surface area contributed by atoms with E-state index in [1.807, 2.05) is 49.1 Å². The highest BCUT2D eigenvalue weighted by molar-refractivity contribution is 7.90. The third kappa shape index (κ3) is 5.94. The summed E-state index contributed by atoms with van der Waals surface area (Å²) < 4.78 is 60.7. The van der Waals surface area contributed by atoms with E-state index >= 15 is 0 Å². The Morgan fingerprint density at radius 2 is 1.31 bits per heavy atom. The van der Waals surface area contributed by atoms with Crippen LogP contribution in [-0.4, -0.2) is 69.5 Å². The van der Waals surface area contributed by atoms with Crippen LogP contribution in [0.15, 0.2) is 93.1 Å². The molecule has 0 amide bonds. The molecule has 2 saturated heterocycles. The van der Waals surface area contributed by atoms with Crippen LogP contribution < -0.4 is 0 Å². The SMILES string of the molecule is Cc1ccc(S(=O)(=O)N=C(CN2CCCC2)N2CCN(S(=O)(=O)c3ccc(C)cc3)[C@H]2c2ccccc2)cc1. The Labute approximate surface area is 231 Å². The van der Waals surface area contributed by atoms with E-state index in [1.54, 1.807) is 48.5 Å². The first-order chi connectivity index (χ1) is 18.6. The van der Waals surface area contributed by atoms with Gasteiger partial charge < -0.3 is 4.90 Å². The summed E-state index contributed by atoms with van der Waals surface area (Å²) in [6.45, 7) is 6.36. The minimum absolute atomic E-state index is 0.117. The number of nitrogens with zero attached hydrogens (tertiary/aromatic N) is 4. The molecule has 2 fully saturated rings. The zero-order chi connectivity index (χ0) is 27.6. The third-order valence-corrected chi connectivity index (χ3v) is 10.5. The fourth-order valence-electron chi connectivity index (χ4n) is 5.16. The van der Waals surface area contributed by atoms with E-state index in [-0.39, 0.29) is 16.3 Å². The third-order valence-electron chi connectivity index (χ3n) is 7.29. The topological polar surface area (TPSA) is 90.4 Å². The van der Waals surface area contributed by atoms with E-state index in [2.05, 4.69) is 9.30 Å². The van der Waals surface area contributed by atoms with Gasteiger partial charge in [-0.2, -0.15) is 12.7 Å². The van der Waals surface area contributed by atoms with Crippen LogP contribution in [0, 0.1) is 13.8 Å². The van der Waals surface area contributed by atoms with Gasteiger partial charge in [-0.25, -0.2) is 8.42 Å². The Morgan fingerprint density at radius 3 is 1.90 bits per heavy atom. The summed E-state index contributed by atoms with van der Waals surface area (Å²) in [7, 11) is -7.89. The summed E-state index contributed by atoms with van der Waals surface area (Å²) in [5.41, 5.74) is 2.68. The maximum atomic E-state index is 13.9. The second-order valence-electron chi connectivity index (χ2n) is 10.2. The van der Waals surface area contributed by atoms with Crippen molar-refractivity contribution in [2.24, 2.45) is 4.40 Å². The van der Waals surface area contributed by atoms with Crippen LogP contribution in [0.25, 0.3) is 0 Å². The molecule has 3 aromatic carbocycles. The van der Waals surface area contributed by atoms with E-state index in [0.717, 1.165) is 42.6 Å². The van der Waals surface area contributed by atoms with Gasteiger partial charge >= 0.3 is 0 Å². The Bertz CT molecular complexity index is 1530.